The van der Waals surface area contributed by atoms with Gasteiger partial charge in [-0.1, -0.05) is 30.3 Å². The van der Waals surface area contributed by atoms with Crippen molar-refractivity contribution < 1.29 is 13.7 Å². The molecule has 0 amide bonds. The maximum Gasteiger partial charge on any atom is 0.350 e. The summed E-state index contributed by atoms with van der Waals surface area (Å²) in [5.74, 6) is 1.11. The molecule has 0 spiro atoms. The standard InChI is InChI=1S/C15H14O3S/c1-17-14-9-7-12(8-10-14)11-19-18-15(16)13-5-3-2-4-6-13/h2-10H,11H2,1H3. The van der Waals surface area contributed by atoms with Crippen molar-refractivity contribution in [1.29, 1.82) is 0 Å². The second-order valence-corrected chi connectivity index (χ2v) is 4.54. The van der Waals surface area contributed by atoms with Crippen LogP contribution < -0.4 is 4.74 Å². The van der Waals surface area contributed by atoms with E-state index in [0.717, 1.165) is 23.4 Å². The Labute approximate surface area is 116 Å². The third-order valence-corrected chi connectivity index (χ3v) is 3.25. The van der Waals surface area contributed by atoms with Crippen molar-refractivity contribution in [3.63, 3.8) is 0 Å². The minimum atomic E-state index is -0.320. The molecular weight excluding hydrogens is 260 g/mol. The predicted molar refractivity (Wildman–Crippen MR) is 76.1 cm³/mol. The van der Waals surface area contributed by atoms with Crippen molar-refractivity contribution in [3.05, 3.63) is 65.7 Å². The number of ether oxygens (including phenoxy) is 1. The Morgan fingerprint density at radius 3 is 2.37 bits per heavy atom. The van der Waals surface area contributed by atoms with E-state index in [1.54, 1.807) is 19.2 Å². The predicted octanol–water partition coefficient (Wildman–Crippen LogP) is 3.70. The molecule has 0 fully saturated rings. The molecular formula is C15H14O3S. The highest BCUT2D eigenvalue weighted by molar-refractivity contribution is 7.94. The van der Waals surface area contributed by atoms with Crippen LogP contribution in [0, 0.1) is 0 Å². The molecule has 0 atom stereocenters. The number of benzene rings is 2. The molecule has 0 aromatic heterocycles. The van der Waals surface area contributed by atoms with E-state index in [9.17, 15) is 4.79 Å². The van der Waals surface area contributed by atoms with E-state index in [-0.39, 0.29) is 5.97 Å². The van der Waals surface area contributed by atoms with Crippen LogP contribution in [0.2, 0.25) is 0 Å². The molecule has 0 saturated carbocycles. The largest absolute Gasteiger partial charge is 0.497 e. The quantitative estimate of drug-likeness (QED) is 0.779. The summed E-state index contributed by atoms with van der Waals surface area (Å²) in [6, 6.07) is 16.6. The lowest BCUT2D eigenvalue weighted by Gasteiger charge is -2.04. The lowest BCUT2D eigenvalue weighted by atomic mass is 10.2. The van der Waals surface area contributed by atoms with Crippen LogP contribution in [0.25, 0.3) is 0 Å². The second-order valence-electron chi connectivity index (χ2n) is 3.85. The average Bonchev–Trinajstić information content (AvgIpc) is 2.49. The first-order valence-electron chi connectivity index (χ1n) is 5.81. The Kier molecular flexibility index (Phi) is 4.86. The fourth-order valence-electron chi connectivity index (χ4n) is 1.50. The van der Waals surface area contributed by atoms with E-state index in [2.05, 4.69) is 0 Å². The Morgan fingerprint density at radius 1 is 1.05 bits per heavy atom. The Bertz CT molecular complexity index is 523. The SMILES string of the molecule is COc1ccc(CSOC(=O)c2ccccc2)cc1. The first-order chi connectivity index (χ1) is 9.29. The van der Waals surface area contributed by atoms with E-state index < -0.39 is 0 Å². The van der Waals surface area contributed by atoms with Gasteiger partial charge in [0.25, 0.3) is 0 Å². The molecule has 2 aromatic rings. The monoisotopic (exact) mass is 274 g/mol. The molecule has 2 aromatic carbocycles. The van der Waals surface area contributed by atoms with Crippen LogP contribution in [0.15, 0.2) is 54.6 Å². The highest BCUT2D eigenvalue weighted by Gasteiger charge is 2.06. The first-order valence-corrected chi connectivity index (χ1v) is 6.72. The summed E-state index contributed by atoms with van der Waals surface area (Å²) in [4.78, 5) is 11.7. The highest BCUT2D eigenvalue weighted by Crippen LogP contribution is 2.18. The molecule has 19 heavy (non-hydrogen) atoms. The van der Waals surface area contributed by atoms with Crippen molar-refractivity contribution in [1.82, 2.24) is 0 Å². The molecule has 0 bridgehead atoms. The van der Waals surface area contributed by atoms with E-state index in [4.69, 9.17) is 8.92 Å². The molecule has 0 aliphatic carbocycles. The van der Waals surface area contributed by atoms with Crippen molar-refractivity contribution in [2.75, 3.05) is 7.11 Å². The van der Waals surface area contributed by atoms with E-state index in [1.807, 2.05) is 42.5 Å². The Hall–Kier alpha value is -1.94. The Balaban J connectivity index is 1.81. The summed E-state index contributed by atoms with van der Waals surface area (Å²) in [6.45, 7) is 0. The normalized spacial score (nSPS) is 9.95. The summed E-state index contributed by atoms with van der Waals surface area (Å²) < 4.78 is 10.2. The number of methoxy groups -OCH3 is 1. The average molecular weight is 274 g/mol. The summed E-state index contributed by atoms with van der Waals surface area (Å²) in [6.07, 6.45) is 0. The van der Waals surface area contributed by atoms with Crippen LogP contribution in [-0.2, 0) is 9.94 Å². The van der Waals surface area contributed by atoms with E-state index in [0.29, 0.717) is 11.3 Å². The van der Waals surface area contributed by atoms with Crippen LogP contribution in [0.3, 0.4) is 0 Å². The number of carbonyl (C=O) groups is 1. The van der Waals surface area contributed by atoms with Crippen molar-refractivity contribution >= 4 is 18.0 Å². The molecule has 0 unspecified atom stereocenters. The molecule has 0 N–H and O–H groups in total. The lowest BCUT2D eigenvalue weighted by Crippen LogP contribution is -1.99. The zero-order valence-electron chi connectivity index (χ0n) is 10.5. The summed E-state index contributed by atoms with van der Waals surface area (Å²) in [5.41, 5.74) is 1.64. The van der Waals surface area contributed by atoms with Crippen LogP contribution in [0.5, 0.6) is 5.75 Å². The van der Waals surface area contributed by atoms with E-state index >= 15 is 0 Å². The van der Waals surface area contributed by atoms with Crippen molar-refractivity contribution in [3.8, 4) is 5.75 Å². The van der Waals surface area contributed by atoms with Crippen LogP contribution in [0.1, 0.15) is 15.9 Å². The van der Waals surface area contributed by atoms with Gasteiger partial charge in [0.1, 0.15) is 5.75 Å². The number of hydrogen-bond donors (Lipinski definition) is 0. The molecule has 2 rings (SSSR count). The summed E-state index contributed by atoms with van der Waals surface area (Å²) in [7, 11) is 1.63. The zero-order valence-corrected chi connectivity index (χ0v) is 11.4. The van der Waals surface area contributed by atoms with Crippen molar-refractivity contribution in [2.45, 2.75) is 5.75 Å². The van der Waals surface area contributed by atoms with Crippen LogP contribution in [-0.4, -0.2) is 13.1 Å². The molecule has 0 heterocycles. The van der Waals surface area contributed by atoms with Gasteiger partial charge in [0.2, 0.25) is 0 Å². The van der Waals surface area contributed by atoms with Gasteiger partial charge in [-0.05, 0) is 29.8 Å². The third-order valence-electron chi connectivity index (χ3n) is 2.53. The van der Waals surface area contributed by atoms with Crippen molar-refractivity contribution in [2.24, 2.45) is 0 Å². The van der Waals surface area contributed by atoms with Gasteiger partial charge in [0.15, 0.2) is 0 Å². The number of hydrogen-bond acceptors (Lipinski definition) is 4. The molecule has 0 aliphatic rings. The molecule has 0 aliphatic heterocycles. The van der Waals surface area contributed by atoms with Gasteiger partial charge in [-0.25, -0.2) is 4.79 Å². The van der Waals surface area contributed by atoms with Crippen LogP contribution in [0.4, 0.5) is 0 Å². The smallest absolute Gasteiger partial charge is 0.350 e. The summed E-state index contributed by atoms with van der Waals surface area (Å²) in [5, 5.41) is 0. The van der Waals surface area contributed by atoms with Gasteiger partial charge in [-0.15, -0.1) is 0 Å². The van der Waals surface area contributed by atoms with Gasteiger partial charge >= 0.3 is 5.97 Å². The Morgan fingerprint density at radius 2 is 1.74 bits per heavy atom. The minimum absolute atomic E-state index is 0.320. The van der Waals surface area contributed by atoms with Gasteiger partial charge in [0, 0.05) is 0 Å². The maximum absolute atomic E-state index is 11.7. The van der Waals surface area contributed by atoms with Gasteiger partial charge < -0.3 is 8.92 Å². The van der Waals surface area contributed by atoms with Gasteiger partial charge in [-0.2, -0.15) is 0 Å². The molecule has 98 valence electrons. The van der Waals surface area contributed by atoms with Gasteiger partial charge in [0.05, 0.1) is 30.5 Å². The van der Waals surface area contributed by atoms with E-state index in [1.165, 1.54) is 0 Å². The lowest BCUT2D eigenvalue weighted by molar-refractivity contribution is 0.0768. The summed E-state index contributed by atoms with van der Waals surface area (Å²) >= 11 is 1.13. The number of rotatable bonds is 5. The topological polar surface area (TPSA) is 35.5 Å². The zero-order chi connectivity index (χ0) is 13.5. The minimum Gasteiger partial charge on any atom is -0.497 e. The van der Waals surface area contributed by atoms with Crippen LogP contribution >= 0.6 is 12.0 Å². The fraction of sp³-hybridized carbons (Fsp3) is 0.133. The van der Waals surface area contributed by atoms with Gasteiger partial charge in [-0.3, -0.25) is 0 Å². The second kappa shape index (κ2) is 6.85. The third kappa shape index (κ3) is 4.03. The first kappa shape index (κ1) is 13.5. The molecule has 4 heteroatoms. The maximum atomic E-state index is 11.7. The molecule has 0 saturated heterocycles. The fourth-order valence-corrected chi connectivity index (χ4v) is 2.09. The molecule has 0 radical (unpaired) electrons. The highest BCUT2D eigenvalue weighted by atomic mass is 32.2. The number of carbonyl (C=O) groups excluding carboxylic acids is 1. The molecule has 3 nitrogen and oxygen atoms in total.